The molecule has 1 heterocycles. The second-order valence-corrected chi connectivity index (χ2v) is 4.37. The van der Waals surface area contributed by atoms with Gasteiger partial charge in [-0.3, -0.25) is 4.79 Å². The lowest BCUT2D eigenvalue weighted by molar-refractivity contribution is -0.122. The van der Waals surface area contributed by atoms with Gasteiger partial charge in [0.1, 0.15) is 11.6 Å². The first-order chi connectivity index (χ1) is 7.36. The highest BCUT2D eigenvalue weighted by atomic mass is 16.1. The molecule has 1 aromatic rings. The summed E-state index contributed by atoms with van der Waals surface area (Å²) in [6, 6.07) is 0. The highest BCUT2D eigenvalue weighted by Crippen LogP contribution is 2.24. The van der Waals surface area contributed by atoms with Gasteiger partial charge in [0.25, 0.3) is 0 Å². The molecule has 1 N–H and O–H groups in total. The van der Waals surface area contributed by atoms with E-state index in [0.717, 1.165) is 18.7 Å². The quantitative estimate of drug-likeness (QED) is 0.772. The Hall–Kier alpha value is -1.12. The largest absolute Gasteiger partial charge is 0.348 e. The van der Waals surface area contributed by atoms with Crippen LogP contribution in [0.25, 0.3) is 0 Å². The Labute approximate surface area is 90.3 Å². The molecule has 1 aliphatic rings. The summed E-state index contributed by atoms with van der Waals surface area (Å²) in [5, 5.41) is 0. The van der Waals surface area contributed by atoms with Gasteiger partial charge in [0.15, 0.2) is 0 Å². The van der Waals surface area contributed by atoms with Gasteiger partial charge in [-0.25, -0.2) is 4.98 Å². The fraction of sp³-hybridized carbons (Fsp3) is 0.667. The lowest BCUT2D eigenvalue weighted by Crippen LogP contribution is -2.16. The summed E-state index contributed by atoms with van der Waals surface area (Å²) < 4.78 is 0. The molecule has 0 amide bonds. The lowest BCUT2D eigenvalue weighted by Gasteiger charge is -2.11. The third-order valence-electron chi connectivity index (χ3n) is 3.21. The van der Waals surface area contributed by atoms with E-state index in [-0.39, 0.29) is 5.92 Å². The molecule has 0 saturated heterocycles. The maximum absolute atomic E-state index is 12.0. The van der Waals surface area contributed by atoms with E-state index in [2.05, 4.69) is 9.97 Å². The van der Waals surface area contributed by atoms with Crippen molar-refractivity contribution in [3.05, 3.63) is 18.2 Å². The molecule has 0 bridgehead atoms. The van der Waals surface area contributed by atoms with Crippen LogP contribution in [0.4, 0.5) is 0 Å². The molecule has 1 saturated carbocycles. The molecule has 0 spiro atoms. The highest BCUT2D eigenvalue weighted by molar-refractivity contribution is 5.82. The van der Waals surface area contributed by atoms with Gasteiger partial charge in [0, 0.05) is 18.3 Å². The number of aromatic amines is 1. The highest BCUT2D eigenvalue weighted by Gasteiger charge is 2.20. The molecule has 1 aliphatic carbocycles. The summed E-state index contributed by atoms with van der Waals surface area (Å²) in [5.41, 5.74) is 0. The zero-order valence-electron chi connectivity index (χ0n) is 9.04. The first-order valence-corrected chi connectivity index (χ1v) is 5.87. The van der Waals surface area contributed by atoms with Crippen LogP contribution in [0, 0.1) is 5.92 Å². The first-order valence-electron chi connectivity index (χ1n) is 5.87. The van der Waals surface area contributed by atoms with Gasteiger partial charge in [-0.1, -0.05) is 25.7 Å². The summed E-state index contributed by atoms with van der Waals surface area (Å²) in [4.78, 5) is 19.0. The fourth-order valence-corrected chi connectivity index (χ4v) is 2.31. The number of nitrogens with one attached hydrogen (secondary N) is 1. The van der Waals surface area contributed by atoms with Gasteiger partial charge < -0.3 is 4.98 Å². The molecule has 0 aliphatic heterocycles. The van der Waals surface area contributed by atoms with Crippen molar-refractivity contribution in [1.29, 1.82) is 0 Å². The van der Waals surface area contributed by atoms with Crippen molar-refractivity contribution in [1.82, 2.24) is 9.97 Å². The van der Waals surface area contributed by atoms with E-state index in [1.807, 2.05) is 0 Å². The number of Topliss-reactive ketones (excluding diaryl/α,β-unsaturated/α-hetero) is 1. The zero-order chi connectivity index (χ0) is 10.5. The Bertz CT molecular complexity index is 297. The van der Waals surface area contributed by atoms with Crippen LogP contribution in [-0.2, 0) is 11.2 Å². The molecular weight excluding hydrogens is 188 g/mol. The molecule has 15 heavy (non-hydrogen) atoms. The molecular formula is C12H18N2O. The number of H-pyrrole nitrogens is 1. The maximum atomic E-state index is 12.0. The Balaban J connectivity index is 1.89. The number of hydrogen-bond acceptors (Lipinski definition) is 2. The van der Waals surface area contributed by atoms with Crippen molar-refractivity contribution in [3.8, 4) is 0 Å². The number of nitrogens with zero attached hydrogens (tertiary/aromatic N) is 1. The van der Waals surface area contributed by atoms with Crippen molar-refractivity contribution in [3.63, 3.8) is 0 Å². The topological polar surface area (TPSA) is 45.8 Å². The minimum Gasteiger partial charge on any atom is -0.348 e. The summed E-state index contributed by atoms with van der Waals surface area (Å²) in [5.74, 6) is 1.47. The number of ketones is 1. The van der Waals surface area contributed by atoms with Crippen LogP contribution in [-0.4, -0.2) is 15.8 Å². The van der Waals surface area contributed by atoms with E-state index in [9.17, 15) is 4.79 Å². The lowest BCUT2D eigenvalue weighted by atomic mass is 9.93. The summed E-state index contributed by atoms with van der Waals surface area (Å²) in [6.07, 6.45) is 11.2. The summed E-state index contributed by atoms with van der Waals surface area (Å²) in [7, 11) is 0. The molecule has 82 valence electrons. The molecule has 0 unspecified atom stereocenters. The molecule has 0 atom stereocenters. The van der Waals surface area contributed by atoms with Gasteiger partial charge in [-0.2, -0.15) is 0 Å². The minimum absolute atomic E-state index is 0.289. The Morgan fingerprint density at radius 2 is 2.07 bits per heavy atom. The second kappa shape index (κ2) is 5.10. The van der Waals surface area contributed by atoms with Crippen LogP contribution in [0.5, 0.6) is 0 Å². The van der Waals surface area contributed by atoms with Gasteiger partial charge in [-0.05, 0) is 12.8 Å². The number of imidazole rings is 1. The molecule has 3 nitrogen and oxygen atoms in total. The normalized spacial score (nSPS) is 18.7. The molecule has 2 rings (SSSR count). The smallest absolute Gasteiger partial charge is 0.143 e. The van der Waals surface area contributed by atoms with Crippen molar-refractivity contribution in [2.45, 2.75) is 44.9 Å². The van der Waals surface area contributed by atoms with Gasteiger partial charge in [0.2, 0.25) is 0 Å². The monoisotopic (exact) mass is 206 g/mol. The van der Waals surface area contributed by atoms with Crippen molar-refractivity contribution < 1.29 is 4.79 Å². The van der Waals surface area contributed by atoms with Crippen LogP contribution < -0.4 is 0 Å². The number of aromatic nitrogens is 2. The van der Waals surface area contributed by atoms with Crippen LogP contribution in [0.3, 0.4) is 0 Å². The van der Waals surface area contributed by atoms with Crippen LogP contribution in [0.1, 0.15) is 44.3 Å². The van der Waals surface area contributed by atoms with E-state index in [1.54, 1.807) is 12.4 Å². The average Bonchev–Trinajstić information content (AvgIpc) is 2.58. The third-order valence-corrected chi connectivity index (χ3v) is 3.21. The number of carbonyl (C=O) groups is 1. The predicted molar refractivity (Wildman–Crippen MR) is 58.5 cm³/mol. The molecule has 1 aromatic heterocycles. The third kappa shape index (κ3) is 2.91. The number of rotatable bonds is 3. The molecule has 0 aromatic carbocycles. The first kappa shape index (κ1) is 10.4. The Morgan fingerprint density at radius 1 is 1.33 bits per heavy atom. The summed E-state index contributed by atoms with van der Waals surface area (Å²) in [6.45, 7) is 0. The van der Waals surface area contributed by atoms with E-state index in [1.165, 1.54) is 25.7 Å². The Kier molecular flexibility index (Phi) is 3.54. The standard InChI is InChI=1S/C12H18N2O/c15-11(9-12-13-7-8-14-12)10-5-3-1-2-4-6-10/h7-8,10H,1-6,9H2,(H,13,14). The van der Waals surface area contributed by atoms with E-state index in [4.69, 9.17) is 0 Å². The SMILES string of the molecule is O=C(Cc1ncc[nH]1)C1CCCCCC1. The zero-order valence-corrected chi connectivity index (χ0v) is 9.04. The number of carbonyl (C=O) groups excluding carboxylic acids is 1. The average molecular weight is 206 g/mol. The van der Waals surface area contributed by atoms with E-state index in [0.29, 0.717) is 12.2 Å². The van der Waals surface area contributed by atoms with Crippen molar-refractivity contribution >= 4 is 5.78 Å². The van der Waals surface area contributed by atoms with Gasteiger partial charge in [0.05, 0.1) is 6.42 Å². The minimum atomic E-state index is 0.289. The van der Waals surface area contributed by atoms with Crippen LogP contribution >= 0.6 is 0 Å². The maximum Gasteiger partial charge on any atom is 0.143 e. The number of hydrogen-bond donors (Lipinski definition) is 1. The van der Waals surface area contributed by atoms with Gasteiger partial charge in [-0.15, -0.1) is 0 Å². The Morgan fingerprint density at radius 3 is 2.67 bits per heavy atom. The molecule has 1 fully saturated rings. The van der Waals surface area contributed by atoms with Crippen LogP contribution in [0.15, 0.2) is 12.4 Å². The molecule has 3 heteroatoms. The fourth-order valence-electron chi connectivity index (χ4n) is 2.31. The predicted octanol–water partition coefficient (Wildman–Crippen LogP) is 2.49. The van der Waals surface area contributed by atoms with Crippen molar-refractivity contribution in [2.24, 2.45) is 5.92 Å². The van der Waals surface area contributed by atoms with E-state index < -0.39 is 0 Å². The summed E-state index contributed by atoms with van der Waals surface area (Å²) >= 11 is 0. The van der Waals surface area contributed by atoms with Crippen LogP contribution in [0.2, 0.25) is 0 Å². The second-order valence-electron chi connectivity index (χ2n) is 4.37. The van der Waals surface area contributed by atoms with E-state index >= 15 is 0 Å². The van der Waals surface area contributed by atoms with Crippen molar-refractivity contribution in [2.75, 3.05) is 0 Å². The molecule has 0 radical (unpaired) electrons. The van der Waals surface area contributed by atoms with Gasteiger partial charge >= 0.3 is 0 Å².